The Bertz CT molecular complexity index is 1160. The van der Waals surface area contributed by atoms with Gasteiger partial charge in [0.2, 0.25) is 5.95 Å². The van der Waals surface area contributed by atoms with E-state index in [1.54, 1.807) is 0 Å². The third-order valence-corrected chi connectivity index (χ3v) is 5.93. The molecular formula is C24H26N6. The Hall–Kier alpha value is -3.25. The minimum absolute atomic E-state index is 0.328. The van der Waals surface area contributed by atoms with Gasteiger partial charge in [0, 0.05) is 24.5 Å². The van der Waals surface area contributed by atoms with Crippen LogP contribution in [0.3, 0.4) is 0 Å². The molecule has 0 spiro atoms. The molecule has 3 aromatic heterocycles. The average Bonchev–Trinajstić information content (AvgIpc) is 3.20. The topological polar surface area (TPSA) is 81.1 Å². The lowest BCUT2D eigenvalue weighted by atomic mass is 9.92. The number of rotatable bonds is 4. The molecule has 1 aromatic carbocycles. The molecule has 0 atom stereocenters. The first-order valence-electron chi connectivity index (χ1n) is 10.6. The molecule has 152 valence electrons. The van der Waals surface area contributed by atoms with Gasteiger partial charge in [0.05, 0.1) is 17.6 Å². The number of anilines is 1. The van der Waals surface area contributed by atoms with Gasteiger partial charge >= 0.3 is 0 Å². The van der Waals surface area contributed by atoms with Crippen LogP contribution < -0.4 is 11.1 Å². The van der Waals surface area contributed by atoms with E-state index in [1.165, 1.54) is 5.56 Å². The first kappa shape index (κ1) is 18.8. The van der Waals surface area contributed by atoms with Gasteiger partial charge in [0.25, 0.3) is 0 Å². The third kappa shape index (κ3) is 3.66. The van der Waals surface area contributed by atoms with Crippen LogP contribution in [-0.2, 0) is 0 Å². The number of aromatic nitrogens is 4. The largest absolute Gasteiger partial charge is 0.351 e. The number of hydrogen-bond acceptors (Lipinski definition) is 5. The molecule has 1 fully saturated rings. The number of fused-ring (bicyclic) bond motifs is 1. The van der Waals surface area contributed by atoms with E-state index in [-0.39, 0.29) is 0 Å². The van der Waals surface area contributed by atoms with Gasteiger partial charge in [-0.3, -0.25) is 4.40 Å². The fourth-order valence-corrected chi connectivity index (χ4v) is 4.17. The maximum atomic E-state index is 6.04. The highest BCUT2D eigenvalue weighted by atomic mass is 15.1. The molecule has 0 amide bonds. The highest BCUT2D eigenvalue weighted by molar-refractivity contribution is 5.69. The summed E-state index contributed by atoms with van der Waals surface area (Å²) in [6.45, 7) is 2.04. The van der Waals surface area contributed by atoms with Crippen LogP contribution in [0.4, 0.5) is 5.95 Å². The van der Waals surface area contributed by atoms with Crippen LogP contribution in [0.1, 0.15) is 31.2 Å². The second kappa shape index (κ2) is 7.88. The molecule has 1 aliphatic carbocycles. The summed E-state index contributed by atoms with van der Waals surface area (Å²) >= 11 is 0. The maximum absolute atomic E-state index is 6.04. The van der Waals surface area contributed by atoms with E-state index in [4.69, 9.17) is 10.7 Å². The number of nitrogens with two attached hydrogens (primary N) is 1. The van der Waals surface area contributed by atoms with Crippen molar-refractivity contribution in [1.82, 2.24) is 19.4 Å². The first-order valence-corrected chi connectivity index (χ1v) is 10.6. The molecule has 4 aromatic rings. The Balaban J connectivity index is 1.50. The molecule has 30 heavy (non-hydrogen) atoms. The van der Waals surface area contributed by atoms with Crippen LogP contribution in [0.15, 0.2) is 61.1 Å². The molecule has 3 heterocycles. The molecule has 5 rings (SSSR count). The van der Waals surface area contributed by atoms with Gasteiger partial charge in [0.1, 0.15) is 5.65 Å². The van der Waals surface area contributed by atoms with Crippen molar-refractivity contribution in [1.29, 1.82) is 0 Å². The van der Waals surface area contributed by atoms with E-state index in [2.05, 4.69) is 56.2 Å². The number of pyridine rings is 1. The quantitative estimate of drug-likeness (QED) is 0.531. The fourth-order valence-electron chi connectivity index (χ4n) is 4.17. The number of imidazole rings is 1. The standard InChI is InChI=1S/C24H26N6/c1-16-13-27-24(28-20-10-8-19(25)9-11-20)29-23(16)21-14-26-22-12-7-18(15-30(21)22)17-5-3-2-4-6-17/h2-7,12-15,19-20H,8-11,25H2,1H3,(H,27,28,29). The predicted molar refractivity (Wildman–Crippen MR) is 120 cm³/mol. The summed E-state index contributed by atoms with van der Waals surface area (Å²) in [4.78, 5) is 14.0. The van der Waals surface area contributed by atoms with E-state index in [9.17, 15) is 0 Å². The average molecular weight is 399 g/mol. The lowest BCUT2D eigenvalue weighted by Gasteiger charge is -2.26. The maximum Gasteiger partial charge on any atom is 0.223 e. The molecule has 6 heteroatoms. The van der Waals surface area contributed by atoms with E-state index in [1.807, 2.05) is 31.5 Å². The molecule has 0 bridgehead atoms. The van der Waals surface area contributed by atoms with Crippen LogP contribution in [0.2, 0.25) is 0 Å². The van der Waals surface area contributed by atoms with Crippen LogP contribution >= 0.6 is 0 Å². The molecular weight excluding hydrogens is 372 g/mol. The van der Waals surface area contributed by atoms with Crippen LogP contribution in [-0.4, -0.2) is 31.4 Å². The number of hydrogen-bond donors (Lipinski definition) is 2. The van der Waals surface area contributed by atoms with Gasteiger partial charge in [-0.05, 0) is 61.4 Å². The summed E-state index contributed by atoms with van der Waals surface area (Å²) in [5.41, 5.74) is 12.2. The van der Waals surface area contributed by atoms with Crippen molar-refractivity contribution in [2.24, 2.45) is 5.73 Å². The summed E-state index contributed by atoms with van der Waals surface area (Å²) in [5, 5.41) is 3.51. The fraction of sp³-hybridized carbons (Fsp3) is 0.292. The van der Waals surface area contributed by atoms with Crippen molar-refractivity contribution in [2.75, 3.05) is 5.32 Å². The van der Waals surface area contributed by atoms with E-state index in [0.29, 0.717) is 18.0 Å². The minimum Gasteiger partial charge on any atom is -0.351 e. The zero-order chi connectivity index (χ0) is 20.5. The van der Waals surface area contributed by atoms with Gasteiger partial charge in [-0.15, -0.1) is 0 Å². The Kier molecular flexibility index (Phi) is 4.93. The summed E-state index contributed by atoms with van der Waals surface area (Å²) in [7, 11) is 0. The molecule has 1 saturated carbocycles. The third-order valence-electron chi connectivity index (χ3n) is 5.93. The zero-order valence-corrected chi connectivity index (χ0v) is 17.1. The Morgan fingerprint density at radius 2 is 1.73 bits per heavy atom. The van der Waals surface area contributed by atoms with E-state index < -0.39 is 0 Å². The molecule has 0 saturated heterocycles. The molecule has 0 radical (unpaired) electrons. The van der Waals surface area contributed by atoms with Crippen LogP contribution in [0, 0.1) is 6.92 Å². The van der Waals surface area contributed by atoms with Crippen LogP contribution in [0.25, 0.3) is 28.2 Å². The molecule has 0 aliphatic heterocycles. The monoisotopic (exact) mass is 398 g/mol. The number of benzene rings is 1. The predicted octanol–water partition coefficient (Wildman–Crippen LogP) is 4.45. The van der Waals surface area contributed by atoms with Gasteiger partial charge in [-0.25, -0.2) is 15.0 Å². The molecule has 0 unspecified atom stereocenters. The normalized spacial score (nSPS) is 19.1. The number of nitrogens with zero attached hydrogens (tertiary/aromatic N) is 4. The summed E-state index contributed by atoms with van der Waals surface area (Å²) in [6.07, 6.45) is 10.1. The lowest BCUT2D eigenvalue weighted by Crippen LogP contribution is -2.33. The SMILES string of the molecule is Cc1cnc(NC2CCC(N)CC2)nc1-c1cnc2ccc(-c3ccccc3)cn12. The van der Waals surface area contributed by atoms with Crippen LogP contribution in [0.5, 0.6) is 0 Å². The minimum atomic E-state index is 0.328. The second-order valence-electron chi connectivity index (χ2n) is 8.14. The molecule has 1 aliphatic rings. The smallest absolute Gasteiger partial charge is 0.223 e. The van der Waals surface area contributed by atoms with Gasteiger partial charge in [0.15, 0.2) is 0 Å². The van der Waals surface area contributed by atoms with Gasteiger partial charge in [-0.1, -0.05) is 30.3 Å². The van der Waals surface area contributed by atoms with Gasteiger partial charge in [-0.2, -0.15) is 0 Å². The Morgan fingerprint density at radius 3 is 2.53 bits per heavy atom. The highest BCUT2D eigenvalue weighted by Gasteiger charge is 2.20. The second-order valence-corrected chi connectivity index (χ2v) is 8.14. The van der Waals surface area contributed by atoms with Crippen molar-refractivity contribution >= 4 is 11.6 Å². The summed E-state index contributed by atoms with van der Waals surface area (Å²) in [5.74, 6) is 0.672. The number of nitrogens with one attached hydrogen (secondary N) is 1. The Morgan fingerprint density at radius 1 is 0.933 bits per heavy atom. The summed E-state index contributed by atoms with van der Waals surface area (Å²) in [6, 6.07) is 15.2. The van der Waals surface area contributed by atoms with E-state index in [0.717, 1.165) is 53.8 Å². The zero-order valence-electron chi connectivity index (χ0n) is 17.1. The Labute approximate surface area is 176 Å². The van der Waals surface area contributed by atoms with Crippen molar-refractivity contribution in [2.45, 2.75) is 44.7 Å². The van der Waals surface area contributed by atoms with Crippen molar-refractivity contribution in [3.63, 3.8) is 0 Å². The first-order chi connectivity index (χ1) is 14.7. The lowest BCUT2D eigenvalue weighted by molar-refractivity contribution is 0.410. The molecule has 6 nitrogen and oxygen atoms in total. The summed E-state index contributed by atoms with van der Waals surface area (Å²) < 4.78 is 2.11. The highest BCUT2D eigenvalue weighted by Crippen LogP contribution is 2.27. The van der Waals surface area contributed by atoms with Crippen molar-refractivity contribution < 1.29 is 0 Å². The molecule has 3 N–H and O–H groups in total. The van der Waals surface area contributed by atoms with Crippen molar-refractivity contribution in [3.8, 4) is 22.5 Å². The number of aryl methyl sites for hydroxylation is 1. The van der Waals surface area contributed by atoms with E-state index >= 15 is 0 Å². The van der Waals surface area contributed by atoms with Crippen molar-refractivity contribution in [3.05, 3.63) is 66.6 Å². The van der Waals surface area contributed by atoms with Gasteiger partial charge < -0.3 is 11.1 Å².